The fourth-order valence-corrected chi connectivity index (χ4v) is 3.09. The Hall–Kier alpha value is -1.59. The fourth-order valence-electron chi connectivity index (χ4n) is 3.09. The van der Waals surface area contributed by atoms with E-state index in [1.807, 2.05) is 49.3 Å². The van der Waals surface area contributed by atoms with Crippen LogP contribution in [0.4, 0.5) is 10.5 Å². The van der Waals surface area contributed by atoms with Gasteiger partial charge in [0, 0.05) is 31.4 Å². The van der Waals surface area contributed by atoms with Crippen LogP contribution in [-0.4, -0.2) is 73.6 Å². The van der Waals surface area contributed by atoms with Crippen molar-refractivity contribution in [3.8, 4) is 0 Å². The first-order chi connectivity index (χ1) is 11.1. The predicted molar refractivity (Wildman–Crippen MR) is 95.9 cm³/mol. The Bertz CT molecular complexity index is 477. The van der Waals surface area contributed by atoms with Crippen LogP contribution in [0.5, 0.6) is 0 Å². The van der Waals surface area contributed by atoms with Gasteiger partial charge in [-0.3, -0.25) is 4.90 Å². The van der Waals surface area contributed by atoms with Crippen LogP contribution in [0.15, 0.2) is 30.3 Å². The van der Waals surface area contributed by atoms with Gasteiger partial charge in [0.1, 0.15) is 0 Å². The number of amides is 2. The van der Waals surface area contributed by atoms with Crippen LogP contribution in [0.3, 0.4) is 0 Å². The van der Waals surface area contributed by atoms with E-state index in [9.17, 15) is 4.79 Å². The van der Waals surface area contributed by atoms with Gasteiger partial charge in [-0.1, -0.05) is 25.1 Å². The summed E-state index contributed by atoms with van der Waals surface area (Å²) >= 11 is 0. The van der Waals surface area contributed by atoms with Crippen LogP contribution >= 0.6 is 0 Å². The van der Waals surface area contributed by atoms with Crippen molar-refractivity contribution in [1.29, 1.82) is 0 Å². The van der Waals surface area contributed by atoms with Gasteiger partial charge >= 0.3 is 6.03 Å². The van der Waals surface area contributed by atoms with E-state index in [1.54, 1.807) is 0 Å². The quantitative estimate of drug-likeness (QED) is 0.840. The number of rotatable bonds is 7. The molecule has 0 aromatic heterocycles. The number of carbonyl (C=O) groups excluding carboxylic acids is 1. The van der Waals surface area contributed by atoms with Crippen LogP contribution in [-0.2, 0) is 0 Å². The normalized spacial score (nSPS) is 18.3. The number of nitrogens with zero attached hydrogens (tertiary/aromatic N) is 3. The number of para-hydroxylation sites is 1. The average molecular weight is 318 g/mol. The standard InChI is InChI=1S/C18H30N4O/c1-4-21-12-8-11-17(21)15-22(14-13-20(2)3)18(23)19-16-9-6-5-7-10-16/h5-7,9-10,17H,4,8,11-15H2,1-3H3,(H,19,23)/t17-/m0/s1. The van der Waals surface area contributed by atoms with Gasteiger partial charge in [-0.25, -0.2) is 4.79 Å². The minimum Gasteiger partial charge on any atom is -0.322 e. The molecule has 1 heterocycles. The number of anilines is 1. The summed E-state index contributed by atoms with van der Waals surface area (Å²) in [5.74, 6) is 0. The molecule has 0 radical (unpaired) electrons. The molecule has 1 saturated heterocycles. The maximum Gasteiger partial charge on any atom is 0.321 e. The topological polar surface area (TPSA) is 38.8 Å². The third kappa shape index (κ3) is 5.52. The minimum atomic E-state index is 0.000929. The first-order valence-electron chi connectivity index (χ1n) is 8.60. The number of benzene rings is 1. The first kappa shape index (κ1) is 17.8. The lowest BCUT2D eigenvalue weighted by molar-refractivity contribution is 0.172. The number of likely N-dealkylation sites (tertiary alicyclic amines) is 1. The number of likely N-dealkylation sites (N-methyl/N-ethyl adjacent to an activating group) is 2. The Labute approximate surface area is 140 Å². The Balaban J connectivity index is 1.99. The maximum atomic E-state index is 12.7. The molecule has 2 amide bonds. The Morgan fingerprint density at radius 2 is 2.00 bits per heavy atom. The van der Waals surface area contributed by atoms with Gasteiger partial charge in [-0.2, -0.15) is 0 Å². The molecule has 0 spiro atoms. The molecule has 5 nitrogen and oxygen atoms in total. The minimum absolute atomic E-state index is 0.000929. The molecule has 0 saturated carbocycles. The number of carbonyl (C=O) groups is 1. The van der Waals surface area contributed by atoms with Crippen molar-refractivity contribution in [3.05, 3.63) is 30.3 Å². The lowest BCUT2D eigenvalue weighted by Crippen LogP contribution is -2.46. The van der Waals surface area contributed by atoms with E-state index < -0.39 is 0 Å². The predicted octanol–water partition coefficient (Wildman–Crippen LogP) is 2.57. The lowest BCUT2D eigenvalue weighted by atomic mass is 10.2. The summed E-state index contributed by atoms with van der Waals surface area (Å²) in [6, 6.07) is 10.2. The number of hydrogen-bond acceptors (Lipinski definition) is 3. The molecular formula is C18H30N4O. The molecule has 0 bridgehead atoms. The van der Waals surface area contributed by atoms with Crippen molar-refractivity contribution in [2.24, 2.45) is 0 Å². The molecule has 0 aliphatic carbocycles. The number of nitrogens with one attached hydrogen (secondary N) is 1. The van der Waals surface area contributed by atoms with Crippen LogP contribution in [0.2, 0.25) is 0 Å². The summed E-state index contributed by atoms with van der Waals surface area (Å²) in [7, 11) is 4.09. The van der Waals surface area contributed by atoms with Gasteiger partial charge in [0.05, 0.1) is 0 Å². The average Bonchev–Trinajstić information content (AvgIpc) is 2.99. The molecule has 1 aliphatic heterocycles. The fraction of sp³-hybridized carbons (Fsp3) is 0.611. The summed E-state index contributed by atoms with van der Waals surface area (Å²) in [5.41, 5.74) is 0.853. The molecule has 0 unspecified atom stereocenters. The van der Waals surface area contributed by atoms with E-state index in [2.05, 4.69) is 22.0 Å². The van der Waals surface area contributed by atoms with E-state index in [1.165, 1.54) is 12.8 Å². The van der Waals surface area contributed by atoms with E-state index in [4.69, 9.17) is 0 Å². The van der Waals surface area contributed by atoms with E-state index >= 15 is 0 Å². The van der Waals surface area contributed by atoms with Crippen LogP contribution < -0.4 is 5.32 Å². The van der Waals surface area contributed by atoms with Gasteiger partial charge in [-0.05, 0) is 52.2 Å². The van der Waals surface area contributed by atoms with Gasteiger partial charge in [0.25, 0.3) is 0 Å². The summed E-state index contributed by atoms with van der Waals surface area (Å²) < 4.78 is 0. The molecular weight excluding hydrogens is 288 g/mol. The van der Waals surface area contributed by atoms with Crippen molar-refractivity contribution in [1.82, 2.24) is 14.7 Å². The highest BCUT2D eigenvalue weighted by atomic mass is 16.2. The number of hydrogen-bond donors (Lipinski definition) is 1. The smallest absolute Gasteiger partial charge is 0.321 e. The third-order valence-electron chi connectivity index (χ3n) is 4.47. The molecule has 128 valence electrons. The van der Waals surface area contributed by atoms with Crippen molar-refractivity contribution in [3.63, 3.8) is 0 Å². The maximum absolute atomic E-state index is 12.7. The van der Waals surface area contributed by atoms with Gasteiger partial charge in [0.15, 0.2) is 0 Å². The lowest BCUT2D eigenvalue weighted by Gasteiger charge is -2.31. The van der Waals surface area contributed by atoms with Gasteiger partial charge in [0.2, 0.25) is 0 Å². The first-order valence-corrected chi connectivity index (χ1v) is 8.60. The summed E-state index contributed by atoms with van der Waals surface area (Å²) in [4.78, 5) is 19.3. The van der Waals surface area contributed by atoms with Crippen molar-refractivity contribution in [2.75, 3.05) is 52.1 Å². The highest BCUT2D eigenvalue weighted by Gasteiger charge is 2.27. The molecule has 1 fully saturated rings. The summed E-state index contributed by atoms with van der Waals surface area (Å²) in [6.45, 7) is 6.85. The third-order valence-corrected chi connectivity index (χ3v) is 4.47. The molecule has 1 aromatic carbocycles. The Morgan fingerprint density at radius 1 is 1.26 bits per heavy atom. The zero-order chi connectivity index (χ0) is 16.7. The molecule has 1 aliphatic rings. The van der Waals surface area contributed by atoms with Gasteiger partial charge < -0.3 is 15.1 Å². The van der Waals surface area contributed by atoms with Crippen LogP contribution in [0.25, 0.3) is 0 Å². The Kier molecular flexibility index (Phi) is 6.86. The second kappa shape index (κ2) is 8.89. The van der Waals surface area contributed by atoms with E-state index in [-0.39, 0.29) is 6.03 Å². The number of urea groups is 1. The highest BCUT2D eigenvalue weighted by Crippen LogP contribution is 2.18. The Morgan fingerprint density at radius 3 is 2.65 bits per heavy atom. The molecule has 1 atom stereocenters. The van der Waals surface area contributed by atoms with E-state index in [0.29, 0.717) is 6.04 Å². The highest BCUT2D eigenvalue weighted by molar-refractivity contribution is 5.89. The summed E-state index contributed by atoms with van der Waals surface area (Å²) in [6.07, 6.45) is 2.42. The molecule has 1 N–H and O–H groups in total. The zero-order valence-electron chi connectivity index (χ0n) is 14.7. The second-order valence-electron chi connectivity index (χ2n) is 6.47. The SMILES string of the molecule is CCN1CCC[C@H]1CN(CCN(C)C)C(=O)Nc1ccccc1. The molecule has 23 heavy (non-hydrogen) atoms. The van der Waals surface area contributed by atoms with E-state index in [0.717, 1.165) is 38.4 Å². The second-order valence-corrected chi connectivity index (χ2v) is 6.47. The zero-order valence-corrected chi connectivity index (χ0v) is 14.7. The molecule has 1 aromatic rings. The monoisotopic (exact) mass is 318 g/mol. The molecule has 5 heteroatoms. The van der Waals surface area contributed by atoms with Crippen LogP contribution in [0, 0.1) is 0 Å². The van der Waals surface area contributed by atoms with Gasteiger partial charge in [-0.15, -0.1) is 0 Å². The van der Waals surface area contributed by atoms with Crippen molar-refractivity contribution >= 4 is 11.7 Å². The largest absolute Gasteiger partial charge is 0.322 e. The molecule has 2 rings (SSSR count). The van der Waals surface area contributed by atoms with Crippen molar-refractivity contribution < 1.29 is 4.79 Å². The van der Waals surface area contributed by atoms with Crippen molar-refractivity contribution in [2.45, 2.75) is 25.8 Å². The van der Waals surface area contributed by atoms with Crippen LogP contribution in [0.1, 0.15) is 19.8 Å². The summed E-state index contributed by atoms with van der Waals surface area (Å²) in [5, 5.41) is 3.02.